The number of nitrogens with zero attached hydrogens (tertiary/aromatic N) is 1. The fourth-order valence-electron chi connectivity index (χ4n) is 3.09. The highest BCUT2D eigenvalue weighted by atomic mass is 32.2. The summed E-state index contributed by atoms with van der Waals surface area (Å²) >= 11 is 0. The predicted octanol–water partition coefficient (Wildman–Crippen LogP) is 2.96. The Kier molecular flexibility index (Phi) is 6.49. The Morgan fingerprint density at radius 2 is 1.83 bits per heavy atom. The highest BCUT2D eigenvalue weighted by Gasteiger charge is 2.30. The molecule has 0 aliphatic carbocycles. The topological polar surface area (TPSA) is 75.7 Å². The van der Waals surface area contributed by atoms with E-state index in [-0.39, 0.29) is 35.7 Å². The summed E-state index contributed by atoms with van der Waals surface area (Å²) in [6.45, 7) is 2.58. The molecule has 0 unspecified atom stereocenters. The fourth-order valence-corrected chi connectivity index (χ4v) is 4.75. The molecule has 0 radical (unpaired) electrons. The molecule has 1 fully saturated rings. The third-order valence-corrected chi connectivity index (χ3v) is 6.79. The third-order valence-electron chi connectivity index (χ3n) is 4.75. The standard InChI is InChI=1S/C20H21F3N2O4S/c1-14-5-6-16(12-18(14)30(27,28)25-7-9-29-10-8-25)19(26)24-13-15-3-2-4-17(11-15)20(21,22)23/h2-6,11-12H,7-10,13H2,1H3,(H,24,26). The Bertz CT molecular complexity index is 1030. The number of carbonyl (C=O) groups is 1. The number of sulfonamides is 1. The number of carbonyl (C=O) groups excluding carboxylic acids is 1. The second-order valence-electron chi connectivity index (χ2n) is 6.88. The van der Waals surface area contributed by atoms with Crippen molar-refractivity contribution in [2.24, 2.45) is 0 Å². The van der Waals surface area contributed by atoms with Crippen LogP contribution < -0.4 is 5.32 Å². The highest BCUT2D eigenvalue weighted by Crippen LogP contribution is 2.29. The molecule has 1 aliphatic rings. The molecule has 0 bridgehead atoms. The van der Waals surface area contributed by atoms with Crippen molar-refractivity contribution in [1.29, 1.82) is 0 Å². The zero-order valence-corrected chi connectivity index (χ0v) is 17.0. The zero-order chi connectivity index (χ0) is 21.9. The van der Waals surface area contributed by atoms with Crippen LogP contribution in [0.25, 0.3) is 0 Å². The summed E-state index contributed by atoms with van der Waals surface area (Å²) in [5.74, 6) is -0.578. The van der Waals surface area contributed by atoms with Gasteiger partial charge >= 0.3 is 6.18 Å². The van der Waals surface area contributed by atoms with Crippen LogP contribution in [0.1, 0.15) is 27.0 Å². The first-order chi connectivity index (χ1) is 14.1. The molecule has 30 heavy (non-hydrogen) atoms. The molecular formula is C20H21F3N2O4S. The molecule has 0 spiro atoms. The van der Waals surface area contributed by atoms with E-state index in [4.69, 9.17) is 4.74 Å². The first kappa shape index (κ1) is 22.3. The average molecular weight is 442 g/mol. The van der Waals surface area contributed by atoms with Gasteiger partial charge in [0.1, 0.15) is 0 Å². The number of aryl methyl sites for hydroxylation is 1. The first-order valence-electron chi connectivity index (χ1n) is 9.22. The molecule has 2 aromatic carbocycles. The van der Waals surface area contributed by atoms with Crippen molar-refractivity contribution in [1.82, 2.24) is 9.62 Å². The summed E-state index contributed by atoms with van der Waals surface area (Å²) in [5, 5.41) is 2.54. The van der Waals surface area contributed by atoms with Gasteiger partial charge in [0.05, 0.1) is 23.7 Å². The SMILES string of the molecule is Cc1ccc(C(=O)NCc2cccc(C(F)(F)F)c2)cc1S(=O)(=O)N1CCOCC1. The summed E-state index contributed by atoms with van der Waals surface area (Å²) in [4.78, 5) is 12.5. The Morgan fingerprint density at radius 3 is 2.50 bits per heavy atom. The minimum atomic E-state index is -4.47. The minimum absolute atomic E-state index is 0.0242. The number of alkyl halides is 3. The number of halogens is 3. The lowest BCUT2D eigenvalue weighted by Gasteiger charge is -2.26. The van der Waals surface area contributed by atoms with Crippen LogP contribution in [-0.4, -0.2) is 44.9 Å². The second kappa shape index (κ2) is 8.75. The number of nitrogens with one attached hydrogen (secondary N) is 1. The van der Waals surface area contributed by atoms with Crippen LogP contribution in [0.3, 0.4) is 0 Å². The molecule has 1 saturated heterocycles. The maximum Gasteiger partial charge on any atom is 0.416 e. The summed E-state index contributed by atoms with van der Waals surface area (Å²) in [6.07, 6.45) is -4.47. The van der Waals surface area contributed by atoms with Gasteiger partial charge in [-0.2, -0.15) is 17.5 Å². The number of ether oxygens (including phenoxy) is 1. The van der Waals surface area contributed by atoms with Gasteiger partial charge < -0.3 is 10.1 Å². The zero-order valence-electron chi connectivity index (χ0n) is 16.2. The molecule has 6 nitrogen and oxygen atoms in total. The molecule has 0 atom stereocenters. The molecule has 162 valence electrons. The summed E-state index contributed by atoms with van der Waals surface area (Å²) in [7, 11) is -3.79. The Balaban J connectivity index is 1.77. The quantitative estimate of drug-likeness (QED) is 0.773. The Labute approximate surface area is 172 Å². The molecule has 0 saturated carbocycles. The first-order valence-corrected chi connectivity index (χ1v) is 10.7. The Hall–Kier alpha value is -2.43. The van der Waals surface area contributed by atoms with Gasteiger partial charge in [-0.15, -0.1) is 0 Å². The van der Waals surface area contributed by atoms with Crippen LogP contribution in [0.2, 0.25) is 0 Å². The normalized spacial score (nSPS) is 15.7. The van der Waals surface area contributed by atoms with Crippen molar-refractivity contribution < 1.29 is 31.1 Å². The molecule has 1 aliphatic heterocycles. The van der Waals surface area contributed by atoms with E-state index in [0.29, 0.717) is 18.8 Å². The van der Waals surface area contributed by atoms with E-state index >= 15 is 0 Å². The molecule has 1 heterocycles. The lowest BCUT2D eigenvalue weighted by molar-refractivity contribution is -0.137. The van der Waals surface area contributed by atoms with E-state index in [0.717, 1.165) is 12.1 Å². The molecule has 1 N–H and O–H groups in total. The third kappa shape index (κ3) is 5.00. The molecule has 0 aromatic heterocycles. The van der Waals surface area contributed by atoms with E-state index in [9.17, 15) is 26.4 Å². The van der Waals surface area contributed by atoms with Crippen molar-refractivity contribution in [3.63, 3.8) is 0 Å². The van der Waals surface area contributed by atoms with Crippen LogP contribution in [-0.2, 0) is 27.5 Å². The van der Waals surface area contributed by atoms with Gasteiger partial charge in [0.2, 0.25) is 10.0 Å². The van der Waals surface area contributed by atoms with Gasteiger partial charge in [-0.05, 0) is 42.3 Å². The monoisotopic (exact) mass is 442 g/mol. The summed E-state index contributed by atoms with van der Waals surface area (Å²) in [6, 6.07) is 8.96. The van der Waals surface area contributed by atoms with Gasteiger partial charge in [-0.25, -0.2) is 8.42 Å². The highest BCUT2D eigenvalue weighted by molar-refractivity contribution is 7.89. The Morgan fingerprint density at radius 1 is 1.13 bits per heavy atom. The van der Waals surface area contributed by atoms with Crippen molar-refractivity contribution in [2.45, 2.75) is 24.5 Å². The van der Waals surface area contributed by atoms with E-state index in [1.54, 1.807) is 6.92 Å². The number of hydrogen-bond acceptors (Lipinski definition) is 4. The largest absolute Gasteiger partial charge is 0.416 e. The van der Waals surface area contributed by atoms with E-state index in [2.05, 4.69) is 5.32 Å². The van der Waals surface area contributed by atoms with Crippen LogP contribution in [0.15, 0.2) is 47.4 Å². The van der Waals surface area contributed by atoms with Crippen LogP contribution in [0.4, 0.5) is 13.2 Å². The number of morpholine rings is 1. The summed E-state index contributed by atoms with van der Waals surface area (Å²) in [5.41, 5.74) is 0.0882. The van der Waals surface area contributed by atoms with E-state index in [1.807, 2.05) is 0 Å². The maximum absolute atomic E-state index is 12.9. The van der Waals surface area contributed by atoms with E-state index in [1.165, 1.54) is 34.6 Å². The minimum Gasteiger partial charge on any atom is -0.379 e. The molecular weight excluding hydrogens is 421 g/mol. The molecule has 3 rings (SSSR count). The van der Waals surface area contributed by atoms with Crippen LogP contribution >= 0.6 is 0 Å². The van der Waals surface area contributed by atoms with E-state index < -0.39 is 27.7 Å². The van der Waals surface area contributed by atoms with Crippen molar-refractivity contribution in [3.8, 4) is 0 Å². The molecule has 10 heteroatoms. The molecule has 2 aromatic rings. The smallest absolute Gasteiger partial charge is 0.379 e. The van der Waals surface area contributed by atoms with Gasteiger partial charge in [0.25, 0.3) is 5.91 Å². The average Bonchev–Trinajstić information content (AvgIpc) is 2.72. The lowest BCUT2D eigenvalue weighted by Crippen LogP contribution is -2.41. The van der Waals surface area contributed by atoms with Gasteiger partial charge in [0.15, 0.2) is 0 Å². The molecule has 1 amide bonds. The van der Waals surface area contributed by atoms with Gasteiger partial charge in [0, 0.05) is 25.2 Å². The van der Waals surface area contributed by atoms with Crippen molar-refractivity contribution >= 4 is 15.9 Å². The second-order valence-corrected chi connectivity index (χ2v) is 8.78. The van der Waals surface area contributed by atoms with Crippen LogP contribution in [0.5, 0.6) is 0 Å². The number of amides is 1. The fraction of sp³-hybridized carbons (Fsp3) is 0.350. The van der Waals surface area contributed by atoms with Crippen molar-refractivity contribution in [3.05, 3.63) is 64.7 Å². The van der Waals surface area contributed by atoms with Crippen molar-refractivity contribution in [2.75, 3.05) is 26.3 Å². The maximum atomic E-state index is 12.9. The number of benzene rings is 2. The number of rotatable bonds is 5. The predicted molar refractivity (Wildman–Crippen MR) is 103 cm³/mol. The number of hydrogen-bond donors (Lipinski definition) is 1. The van der Waals surface area contributed by atoms with Crippen LogP contribution in [0, 0.1) is 6.92 Å². The lowest BCUT2D eigenvalue weighted by atomic mass is 10.1. The van der Waals surface area contributed by atoms with Gasteiger partial charge in [-0.1, -0.05) is 18.2 Å². The van der Waals surface area contributed by atoms with Gasteiger partial charge in [-0.3, -0.25) is 4.79 Å². The summed E-state index contributed by atoms with van der Waals surface area (Å²) < 4.78 is 70.8.